The fourth-order valence-electron chi connectivity index (χ4n) is 2.05. The highest BCUT2D eigenvalue weighted by Crippen LogP contribution is 2.05. The van der Waals surface area contributed by atoms with Gasteiger partial charge in [0.1, 0.15) is 6.26 Å². The molecule has 0 radical (unpaired) electrons. The molecule has 1 saturated heterocycles. The van der Waals surface area contributed by atoms with Crippen LogP contribution in [0.25, 0.3) is 0 Å². The van der Waals surface area contributed by atoms with Crippen LogP contribution >= 0.6 is 0 Å². The number of hydrogen-bond donors (Lipinski definition) is 1. The predicted octanol–water partition coefficient (Wildman–Crippen LogP) is 0.184. The zero-order chi connectivity index (χ0) is 12.1. The van der Waals surface area contributed by atoms with Crippen molar-refractivity contribution in [3.05, 3.63) is 17.8 Å². The lowest BCUT2D eigenvalue weighted by Gasteiger charge is -2.31. The van der Waals surface area contributed by atoms with E-state index in [1.165, 1.54) is 0 Å². The Labute approximate surface area is 103 Å². The molecule has 0 aromatic carbocycles. The van der Waals surface area contributed by atoms with Gasteiger partial charge in [-0.15, -0.1) is 0 Å². The number of likely N-dealkylation sites (N-methyl/N-ethyl adjacent to an activating group) is 1. The number of piperazine rings is 1. The summed E-state index contributed by atoms with van der Waals surface area (Å²) in [4.78, 5) is 9.27. The van der Waals surface area contributed by atoms with Crippen LogP contribution in [-0.4, -0.2) is 61.6 Å². The molecule has 0 aliphatic carbocycles. The van der Waals surface area contributed by atoms with Gasteiger partial charge in [-0.3, -0.25) is 0 Å². The first-order valence-electron chi connectivity index (χ1n) is 6.26. The van der Waals surface area contributed by atoms with Gasteiger partial charge in [0.15, 0.2) is 5.89 Å². The molecule has 5 heteroatoms. The van der Waals surface area contributed by atoms with Crippen LogP contribution in [0.5, 0.6) is 0 Å². The third kappa shape index (κ3) is 3.80. The summed E-state index contributed by atoms with van der Waals surface area (Å²) in [5.74, 6) is 0.856. The summed E-state index contributed by atoms with van der Waals surface area (Å²) in [6.07, 6.45) is 2.66. The van der Waals surface area contributed by atoms with Crippen molar-refractivity contribution in [3.8, 4) is 0 Å². The van der Waals surface area contributed by atoms with E-state index in [-0.39, 0.29) is 0 Å². The first-order valence-corrected chi connectivity index (χ1v) is 6.26. The number of rotatable bonds is 5. The van der Waals surface area contributed by atoms with Gasteiger partial charge in [-0.2, -0.15) is 0 Å². The van der Waals surface area contributed by atoms with Crippen molar-refractivity contribution in [3.63, 3.8) is 0 Å². The maximum Gasteiger partial charge on any atom is 0.195 e. The summed E-state index contributed by atoms with van der Waals surface area (Å²) in [7, 11) is 4.09. The van der Waals surface area contributed by atoms with Gasteiger partial charge >= 0.3 is 0 Å². The molecule has 17 heavy (non-hydrogen) atoms. The molecule has 0 unspecified atom stereocenters. The Hall–Kier alpha value is -0.910. The zero-order valence-corrected chi connectivity index (χ0v) is 10.8. The lowest BCUT2D eigenvalue weighted by Crippen LogP contribution is -2.45. The number of nitrogens with one attached hydrogen (secondary N) is 1. The van der Waals surface area contributed by atoms with Crippen molar-refractivity contribution < 1.29 is 4.42 Å². The van der Waals surface area contributed by atoms with Gasteiger partial charge in [0.05, 0.1) is 5.69 Å². The quantitative estimate of drug-likeness (QED) is 0.793. The second-order valence-corrected chi connectivity index (χ2v) is 4.66. The molecule has 2 rings (SSSR count). The summed E-state index contributed by atoms with van der Waals surface area (Å²) >= 11 is 0. The van der Waals surface area contributed by atoms with Crippen LogP contribution in [-0.2, 0) is 13.0 Å². The second kappa shape index (κ2) is 6.14. The van der Waals surface area contributed by atoms with Crippen LogP contribution in [0.2, 0.25) is 0 Å². The predicted molar refractivity (Wildman–Crippen MR) is 66.9 cm³/mol. The fraction of sp³-hybridized carbons (Fsp3) is 0.750. The van der Waals surface area contributed by atoms with Crippen molar-refractivity contribution in [2.75, 3.05) is 46.8 Å². The van der Waals surface area contributed by atoms with E-state index in [0.29, 0.717) is 0 Å². The SMILES string of the molecule is CNCc1coc(CCN2CCN(C)CC2)n1. The van der Waals surface area contributed by atoms with E-state index >= 15 is 0 Å². The van der Waals surface area contributed by atoms with Crippen LogP contribution in [0, 0.1) is 0 Å². The maximum atomic E-state index is 5.44. The molecule has 0 saturated carbocycles. The molecule has 0 atom stereocenters. The van der Waals surface area contributed by atoms with Crippen LogP contribution in [0.3, 0.4) is 0 Å². The van der Waals surface area contributed by atoms with Crippen LogP contribution < -0.4 is 5.32 Å². The first kappa shape index (κ1) is 12.5. The van der Waals surface area contributed by atoms with E-state index in [4.69, 9.17) is 4.42 Å². The molecule has 1 N–H and O–H groups in total. The average molecular weight is 238 g/mol. The molecule has 5 nitrogen and oxygen atoms in total. The van der Waals surface area contributed by atoms with Gasteiger partial charge in [-0.05, 0) is 14.1 Å². The smallest absolute Gasteiger partial charge is 0.195 e. The molecule has 1 fully saturated rings. The Morgan fingerprint density at radius 2 is 2.12 bits per heavy atom. The molecule has 1 aromatic rings. The Morgan fingerprint density at radius 3 is 2.82 bits per heavy atom. The molecular weight excluding hydrogens is 216 g/mol. The Bertz CT molecular complexity index is 331. The summed E-state index contributed by atoms with van der Waals surface area (Å²) in [6, 6.07) is 0. The highest BCUT2D eigenvalue weighted by molar-refractivity contribution is 4.96. The lowest BCUT2D eigenvalue weighted by molar-refractivity contribution is 0.153. The van der Waals surface area contributed by atoms with Crippen LogP contribution in [0.1, 0.15) is 11.6 Å². The monoisotopic (exact) mass is 238 g/mol. The maximum absolute atomic E-state index is 5.44. The lowest BCUT2D eigenvalue weighted by atomic mass is 10.3. The molecule has 2 heterocycles. The molecule has 0 spiro atoms. The zero-order valence-electron chi connectivity index (χ0n) is 10.8. The summed E-state index contributed by atoms with van der Waals surface area (Å²) in [5.41, 5.74) is 0.987. The number of hydrogen-bond acceptors (Lipinski definition) is 5. The van der Waals surface area contributed by atoms with E-state index in [0.717, 1.165) is 57.3 Å². The topological polar surface area (TPSA) is 44.5 Å². The minimum atomic E-state index is 0.776. The van der Waals surface area contributed by atoms with Crippen LogP contribution in [0.4, 0.5) is 0 Å². The fourth-order valence-corrected chi connectivity index (χ4v) is 2.05. The molecule has 1 aliphatic rings. The molecule has 0 amide bonds. The minimum absolute atomic E-state index is 0.776. The van der Waals surface area contributed by atoms with Gasteiger partial charge in [0.2, 0.25) is 0 Å². The Morgan fingerprint density at radius 1 is 1.35 bits per heavy atom. The van der Waals surface area contributed by atoms with E-state index in [1.807, 2.05) is 7.05 Å². The largest absolute Gasteiger partial charge is 0.449 e. The van der Waals surface area contributed by atoms with E-state index in [2.05, 4.69) is 27.1 Å². The molecule has 0 bridgehead atoms. The molecule has 96 valence electrons. The minimum Gasteiger partial charge on any atom is -0.449 e. The summed E-state index contributed by atoms with van der Waals surface area (Å²) in [6.45, 7) is 6.46. The number of nitrogens with zero attached hydrogens (tertiary/aromatic N) is 3. The van der Waals surface area contributed by atoms with Crippen molar-refractivity contribution in [1.29, 1.82) is 0 Å². The normalized spacial score (nSPS) is 18.7. The summed E-state index contributed by atoms with van der Waals surface area (Å²) in [5, 5.41) is 3.07. The van der Waals surface area contributed by atoms with Gasteiger partial charge in [0, 0.05) is 45.7 Å². The van der Waals surface area contributed by atoms with E-state index in [9.17, 15) is 0 Å². The first-order chi connectivity index (χ1) is 8.28. The Kier molecular flexibility index (Phi) is 4.53. The van der Waals surface area contributed by atoms with E-state index in [1.54, 1.807) is 6.26 Å². The molecular formula is C12H22N4O. The molecule has 1 aliphatic heterocycles. The molecule has 1 aromatic heterocycles. The average Bonchev–Trinajstić information content (AvgIpc) is 2.77. The van der Waals surface area contributed by atoms with Crippen molar-refractivity contribution in [2.24, 2.45) is 0 Å². The second-order valence-electron chi connectivity index (χ2n) is 4.66. The van der Waals surface area contributed by atoms with E-state index < -0.39 is 0 Å². The standard InChI is InChI=1S/C12H22N4O/c1-13-9-11-10-17-12(14-11)3-4-16-7-5-15(2)6-8-16/h10,13H,3-9H2,1-2H3. The van der Waals surface area contributed by atoms with Gasteiger partial charge in [-0.25, -0.2) is 4.98 Å². The van der Waals surface area contributed by atoms with Gasteiger partial charge in [0.25, 0.3) is 0 Å². The third-order valence-corrected chi connectivity index (χ3v) is 3.19. The number of oxazole rings is 1. The highest BCUT2D eigenvalue weighted by atomic mass is 16.3. The van der Waals surface area contributed by atoms with Gasteiger partial charge < -0.3 is 19.5 Å². The number of aromatic nitrogens is 1. The Balaban J connectivity index is 1.73. The van der Waals surface area contributed by atoms with Crippen molar-refractivity contribution in [1.82, 2.24) is 20.1 Å². The van der Waals surface area contributed by atoms with Crippen molar-refractivity contribution >= 4 is 0 Å². The van der Waals surface area contributed by atoms with Crippen LogP contribution in [0.15, 0.2) is 10.7 Å². The van der Waals surface area contributed by atoms with Crippen molar-refractivity contribution in [2.45, 2.75) is 13.0 Å². The highest BCUT2D eigenvalue weighted by Gasteiger charge is 2.14. The summed E-state index contributed by atoms with van der Waals surface area (Å²) < 4.78 is 5.44. The van der Waals surface area contributed by atoms with Gasteiger partial charge in [-0.1, -0.05) is 0 Å². The third-order valence-electron chi connectivity index (χ3n) is 3.19.